The molecule has 0 atom stereocenters. The van der Waals surface area contributed by atoms with Gasteiger partial charge in [-0.05, 0) is 22.0 Å². The van der Waals surface area contributed by atoms with Crippen molar-refractivity contribution >= 4 is 27.8 Å². The summed E-state index contributed by atoms with van der Waals surface area (Å²) in [6.07, 6.45) is -3.25. The van der Waals surface area contributed by atoms with Gasteiger partial charge in [-0.2, -0.15) is 13.2 Å². The first-order chi connectivity index (χ1) is 8.30. The van der Waals surface area contributed by atoms with Crippen LogP contribution in [0.4, 0.5) is 23.8 Å². The quantitative estimate of drug-likeness (QED) is 0.740. The molecule has 0 bridgehead atoms. The molecule has 18 heavy (non-hydrogen) atoms. The van der Waals surface area contributed by atoms with E-state index in [1.165, 1.54) is 6.20 Å². The minimum absolute atomic E-state index is 0.0840. The normalized spacial score (nSPS) is 11.1. The Labute approximate surface area is 109 Å². The number of alkyl halides is 3. The number of nitrogens with two attached hydrogens (primary N) is 1. The lowest BCUT2D eigenvalue weighted by Gasteiger charge is -2.13. The van der Waals surface area contributed by atoms with Crippen molar-refractivity contribution in [1.82, 2.24) is 10.3 Å². The second kappa shape index (κ2) is 5.89. The van der Waals surface area contributed by atoms with E-state index in [-0.39, 0.29) is 23.4 Å². The maximum absolute atomic E-state index is 12.7. The van der Waals surface area contributed by atoms with Crippen LogP contribution in [0.3, 0.4) is 0 Å². The zero-order valence-electron chi connectivity index (χ0n) is 9.01. The van der Waals surface area contributed by atoms with Gasteiger partial charge in [0.05, 0.1) is 5.56 Å². The van der Waals surface area contributed by atoms with Crippen molar-refractivity contribution in [1.29, 1.82) is 0 Å². The number of amides is 2. The van der Waals surface area contributed by atoms with Crippen molar-refractivity contribution in [2.24, 2.45) is 5.73 Å². The lowest BCUT2D eigenvalue weighted by molar-refractivity contribution is -0.137. The molecule has 1 heterocycles. The van der Waals surface area contributed by atoms with E-state index in [4.69, 9.17) is 5.73 Å². The Bertz CT molecular complexity index is 438. The van der Waals surface area contributed by atoms with Gasteiger partial charge in [0.25, 0.3) is 0 Å². The molecule has 0 aliphatic heterocycles. The summed E-state index contributed by atoms with van der Waals surface area (Å²) in [6.45, 7) is 0.186. The van der Waals surface area contributed by atoms with Crippen molar-refractivity contribution in [2.45, 2.75) is 6.18 Å². The second-order valence-electron chi connectivity index (χ2n) is 3.27. The van der Waals surface area contributed by atoms with E-state index in [2.05, 4.69) is 31.5 Å². The Kier molecular flexibility index (Phi) is 4.76. The predicted octanol–water partition coefficient (Wildman–Crippen LogP) is 1.94. The van der Waals surface area contributed by atoms with Gasteiger partial charge >= 0.3 is 12.2 Å². The Hall–Kier alpha value is -1.51. The largest absolute Gasteiger partial charge is 0.419 e. The van der Waals surface area contributed by atoms with Crippen molar-refractivity contribution in [3.63, 3.8) is 0 Å². The minimum atomic E-state index is -4.50. The van der Waals surface area contributed by atoms with Gasteiger partial charge in [0, 0.05) is 23.8 Å². The first-order valence-corrected chi connectivity index (χ1v) is 5.60. The standard InChI is InChI=1S/C9H10BrF3N4O/c10-5-3-6(9(11,12)13)7(17-4-5)15-1-2-16-8(14)18/h3-4H,1-2H2,(H,15,17)(H3,14,16,18). The summed E-state index contributed by atoms with van der Waals surface area (Å²) < 4.78 is 38.3. The fraction of sp³-hybridized carbons (Fsp3) is 0.333. The Morgan fingerprint density at radius 2 is 2.11 bits per heavy atom. The van der Waals surface area contributed by atoms with Gasteiger partial charge in [-0.25, -0.2) is 9.78 Å². The third kappa shape index (κ3) is 4.40. The molecule has 0 aliphatic carbocycles. The average molecular weight is 327 g/mol. The Balaban J connectivity index is 2.73. The van der Waals surface area contributed by atoms with Crippen LogP contribution in [0.1, 0.15) is 5.56 Å². The smallest absolute Gasteiger partial charge is 0.368 e. The van der Waals surface area contributed by atoms with Crippen molar-refractivity contribution < 1.29 is 18.0 Å². The highest BCUT2D eigenvalue weighted by Gasteiger charge is 2.34. The van der Waals surface area contributed by atoms with Crippen LogP contribution in [0.25, 0.3) is 0 Å². The monoisotopic (exact) mass is 326 g/mol. The Morgan fingerprint density at radius 1 is 1.44 bits per heavy atom. The molecule has 0 aliphatic rings. The fourth-order valence-corrected chi connectivity index (χ4v) is 1.49. The molecule has 100 valence electrons. The first-order valence-electron chi connectivity index (χ1n) is 4.80. The zero-order valence-corrected chi connectivity index (χ0v) is 10.6. The second-order valence-corrected chi connectivity index (χ2v) is 4.18. The first kappa shape index (κ1) is 14.6. The highest BCUT2D eigenvalue weighted by Crippen LogP contribution is 2.35. The van der Waals surface area contributed by atoms with E-state index in [9.17, 15) is 18.0 Å². The van der Waals surface area contributed by atoms with E-state index in [0.717, 1.165) is 6.07 Å². The van der Waals surface area contributed by atoms with Gasteiger partial charge in [0.15, 0.2) is 0 Å². The number of pyridine rings is 1. The van der Waals surface area contributed by atoms with Gasteiger partial charge < -0.3 is 16.4 Å². The summed E-state index contributed by atoms with van der Waals surface area (Å²) in [5, 5.41) is 4.72. The SMILES string of the molecule is NC(=O)NCCNc1ncc(Br)cc1C(F)(F)F. The minimum Gasteiger partial charge on any atom is -0.368 e. The summed E-state index contributed by atoms with van der Waals surface area (Å²) in [6, 6.07) is 0.188. The van der Waals surface area contributed by atoms with E-state index < -0.39 is 17.8 Å². The molecule has 5 nitrogen and oxygen atoms in total. The number of rotatable bonds is 4. The van der Waals surface area contributed by atoms with Crippen LogP contribution in [-0.4, -0.2) is 24.1 Å². The number of nitrogens with one attached hydrogen (secondary N) is 2. The van der Waals surface area contributed by atoms with Gasteiger partial charge in [-0.15, -0.1) is 0 Å². The predicted molar refractivity (Wildman–Crippen MR) is 63.0 cm³/mol. The van der Waals surface area contributed by atoms with Gasteiger partial charge in [-0.1, -0.05) is 0 Å². The van der Waals surface area contributed by atoms with Crippen molar-refractivity contribution in [3.05, 3.63) is 22.3 Å². The number of hydrogen-bond donors (Lipinski definition) is 3. The van der Waals surface area contributed by atoms with Crippen LogP contribution in [0.2, 0.25) is 0 Å². The summed E-state index contributed by atoms with van der Waals surface area (Å²) >= 11 is 2.93. The number of urea groups is 1. The molecular formula is C9H10BrF3N4O. The lowest BCUT2D eigenvalue weighted by Crippen LogP contribution is -2.33. The molecule has 0 saturated carbocycles. The van der Waals surface area contributed by atoms with E-state index in [1.807, 2.05) is 0 Å². The number of aromatic nitrogens is 1. The maximum atomic E-state index is 12.7. The van der Waals surface area contributed by atoms with Crippen molar-refractivity contribution in [3.8, 4) is 0 Å². The number of nitrogens with zero attached hydrogens (tertiary/aromatic N) is 1. The van der Waals surface area contributed by atoms with E-state index >= 15 is 0 Å². The molecular weight excluding hydrogens is 317 g/mol. The van der Waals surface area contributed by atoms with Crippen LogP contribution in [0.15, 0.2) is 16.7 Å². The van der Waals surface area contributed by atoms with Gasteiger partial charge in [0.1, 0.15) is 5.82 Å². The lowest BCUT2D eigenvalue weighted by atomic mass is 10.2. The molecule has 1 rings (SSSR count). The molecule has 2 amide bonds. The van der Waals surface area contributed by atoms with Gasteiger partial charge in [0.2, 0.25) is 0 Å². The van der Waals surface area contributed by atoms with Crippen LogP contribution in [0, 0.1) is 0 Å². The summed E-state index contributed by atoms with van der Waals surface area (Å²) in [7, 11) is 0. The Morgan fingerprint density at radius 3 is 2.67 bits per heavy atom. The molecule has 0 spiro atoms. The summed E-state index contributed by atoms with van der Waals surface area (Å²) in [5.41, 5.74) is 3.93. The topological polar surface area (TPSA) is 80.0 Å². The summed E-state index contributed by atoms with van der Waals surface area (Å²) in [4.78, 5) is 14.0. The van der Waals surface area contributed by atoms with E-state index in [1.54, 1.807) is 0 Å². The van der Waals surface area contributed by atoms with Crippen molar-refractivity contribution in [2.75, 3.05) is 18.4 Å². The van der Waals surface area contributed by atoms with Gasteiger partial charge in [-0.3, -0.25) is 0 Å². The third-order valence-electron chi connectivity index (χ3n) is 1.88. The molecule has 1 aromatic heterocycles. The fourth-order valence-electron chi connectivity index (χ4n) is 1.16. The van der Waals surface area contributed by atoms with Crippen LogP contribution in [-0.2, 0) is 6.18 Å². The molecule has 0 aromatic carbocycles. The highest BCUT2D eigenvalue weighted by atomic mass is 79.9. The molecule has 1 aromatic rings. The number of anilines is 1. The number of hydrogen-bond acceptors (Lipinski definition) is 3. The highest BCUT2D eigenvalue weighted by molar-refractivity contribution is 9.10. The maximum Gasteiger partial charge on any atom is 0.419 e. The number of halogens is 4. The molecule has 0 unspecified atom stereocenters. The van der Waals surface area contributed by atoms with E-state index in [0.29, 0.717) is 0 Å². The summed E-state index contributed by atoms with van der Waals surface area (Å²) in [5.74, 6) is -0.294. The number of carbonyl (C=O) groups excluding carboxylic acids is 1. The van der Waals surface area contributed by atoms with Crippen LogP contribution >= 0.6 is 15.9 Å². The zero-order chi connectivity index (χ0) is 13.8. The molecule has 4 N–H and O–H groups in total. The third-order valence-corrected chi connectivity index (χ3v) is 2.31. The molecule has 9 heteroatoms. The average Bonchev–Trinajstić information content (AvgIpc) is 2.24. The molecule has 0 radical (unpaired) electrons. The molecule has 0 saturated heterocycles. The van der Waals surface area contributed by atoms with Crippen LogP contribution in [0.5, 0.6) is 0 Å². The number of carbonyl (C=O) groups is 1. The molecule has 0 fully saturated rings. The van der Waals surface area contributed by atoms with Crippen LogP contribution < -0.4 is 16.4 Å². The number of primary amides is 1.